The Morgan fingerprint density at radius 2 is 1.57 bits per heavy atom. The second kappa shape index (κ2) is 6.66. The molecule has 0 aromatic heterocycles. The van der Waals surface area contributed by atoms with Crippen LogP contribution in [0.1, 0.15) is 32.3 Å². The monoisotopic (exact) mass is 284 g/mol. The van der Waals surface area contributed by atoms with Crippen molar-refractivity contribution in [3.63, 3.8) is 0 Å². The van der Waals surface area contributed by atoms with Crippen LogP contribution in [0.5, 0.6) is 11.5 Å². The summed E-state index contributed by atoms with van der Waals surface area (Å²) in [4.78, 5) is 0. The van der Waals surface area contributed by atoms with Gasteiger partial charge in [-0.1, -0.05) is 57.2 Å². The molecular formula is C19H24O2. The molecule has 21 heavy (non-hydrogen) atoms. The molecule has 1 unspecified atom stereocenters. The van der Waals surface area contributed by atoms with Gasteiger partial charge in [-0.25, -0.2) is 0 Å². The highest BCUT2D eigenvalue weighted by Gasteiger charge is 2.26. The summed E-state index contributed by atoms with van der Waals surface area (Å²) in [7, 11) is 1.67. The summed E-state index contributed by atoms with van der Waals surface area (Å²) >= 11 is 0. The highest BCUT2D eigenvalue weighted by molar-refractivity contribution is 5.33. The maximum Gasteiger partial charge on any atom is 0.123 e. The van der Waals surface area contributed by atoms with Gasteiger partial charge in [-0.3, -0.25) is 0 Å². The third kappa shape index (κ3) is 4.25. The lowest BCUT2D eigenvalue weighted by molar-refractivity contribution is 0.203. The van der Waals surface area contributed by atoms with Gasteiger partial charge in [0.1, 0.15) is 11.5 Å². The molecule has 0 saturated carbocycles. The van der Waals surface area contributed by atoms with Crippen molar-refractivity contribution in [2.45, 2.75) is 26.7 Å². The van der Waals surface area contributed by atoms with E-state index < -0.39 is 0 Å². The number of ether oxygens (including phenoxy) is 2. The number of rotatable bonds is 5. The van der Waals surface area contributed by atoms with Gasteiger partial charge in [0, 0.05) is 12.0 Å². The fourth-order valence-corrected chi connectivity index (χ4v) is 2.40. The molecule has 0 N–H and O–H groups in total. The summed E-state index contributed by atoms with van der Waals surface area (Å²) in [6.07, 6.45) is 0. The van der Waals surface area contributed by atoms with E-state index >= 15 is 0 Å². The SMILES string of the molecule is COc1cccc(OCC(c2ccccc2)C(C)(C)C)c1. The second-order valence-corrected chi connectivity index (χ2v) is 6.32. The minimum atomic E-state index is 0.139. The Morgan fingerprint density at radius 1 is 0.905 bits per heavy atom. The molecule has 0 aliphatic carbocycles. The normalized spacial score (nSPS) is 12.8. The van der Waals surface area contributed by atoms with Gasteiger partial charge in [-0.15, -0.1) is 0 Å². The number of hydrogen-bond acceptors (Lipinski definition) is 2. The van der Waals surface area contributed by atoms with Crippen LogP contribution in [0.15, 0.2) is 54.6 Å². The minimum Gasteiger partial charge on any atom is -0.497 e. The largest absolute Gasteiger partial charge is 0.497 e. The molecule has 0 radical (unpaired) electrons. The molecule has 1 atom stereocenters. The molecule has 0 bridgehead atoms. The Bertz CT molecular complexity index is 555. The van der Waals surface area contributed by atoms with Gasteiger partial charge in [0.05, 0.1) is 13.7 Å². The van der Waals surface area contributed by atoms with Crippen LogP contribution in [0.2, 0.25) is 0 Å². The Balaban J connectivity index is 2.13. The summed E-state index contributed by atoms with van der Waals surface area (Å²) in [6.45, 7) is 7.40. The van der Waals surface area contributed by atoms with Gasteiger partial charge in [0.25, 0.3) is 0 Å². The van der Waals surface area contributed by atoms with Crippen LogP contribution >= 0.6 is 0 Å². The zero-order chi connectivity index (χ0) is 15.3. The molecule has 0 aliphatic heterocycles. The third-order valence-corrected chi connectivity index (χ3v) is 3.71. The Hall–Kier alpha value is -1.96. The van der Waals surface area contributed by atoms with Crippen LogP contribution < -0.4 is 9.47 Å². The van der Waals surface area contributed by atoms with Gasteiger partial charge in [-0.05, 0) is 23.1 Å². The number of hydrogen-bond donors (Lipinski definition) is 0. The molecule has 2 aromatic carbocycles. The quantitative estimate of drug-likeness (QED) is 0.777. The molecule has 2 rings (SSSR count). The van der Waals surface area contributed by atoms with Gasteiger partial charge in [-0.2, -0.15) is 0 Å². The van der Waals surface area contributed by atoms with Crippen LogP contribution in [-0.4, -0.2) is 13.7 Å². The van der Waals surface area contributed by atoms with Crippen molar-refractivity contribution in [1.29, 1.82) is 0 Å². The van der Waals surface area contributed by atoms with E-state index in [1.165, 1.54) is 5.56 Å². The fraction of sp³-hybridized carbons (Fsp3) is 0.368. The van der Waals surface area contributed by atoms with Crippen molar-refractivity contribution in [3.05, 3.63) is 60.2 Å². The molecule has 2 aromatic rings. The first-order valence-corrected chi connectivity index (χ1v) is 7.32. The summed E-state index contributed by atoms with van der Waals surface area (Å²) in [5.74, 6) is 2.00. The summed E-state index contributed by atoms with van der Waals surface area (Å²) in [5, 5.41) is 0. The highest BCUT2D eigenvalue weighted by Crippen LogP contribution is 2.35. The lowest BCUT2D eigenvalue weighted by atomic mass is 9.77. The topological polar surface area (TPSA) is 18.5 Å². The van der Waals surface area contributed by atoms with Crippen molar-refractivity contribution in [3.8, 4) is 11.5 Å². The molecule has 112 valence electrons. The minimum absolute atomic E-state index is 0.139. The first-order chi connectivity index (χ1) is 10.0. The van der Waals surface area contributed by atoms with Crippen molar-refractivity contribution in [2.24, 2.45) is 5.41 Å². The maximum absolute atomic E-state index is 6.01. The molecule has 0 spiro atoms. The predicted octanol–water partition coefficient (Wildman–Crippen LogP) is 4.90. The van der Waals surface area contributed by atoms with Gasteiger partial charge >= 0.3 is 0 Å². The molecule has 0 aliphatic rings. The average molecular weight is 284 g/mol. The highest BCUT2D eigenvalue weighted by atomic mass is 16.5. The molecule has 0 fully saturated rings. The zero-order valence-corrected chi connectivity index (χ0v) is 13.3. The van der Waals surface area contributed by atoms with Crippen molar-refractivity contribution >= 4 is 0 Å². The summed E-state index contributed by atoms with van der Waals surface area (Å²) in [5.41, 5.74) is 1.45. The molecule has 2 heteroatoms. The zero-order valence-electron chi connectivity index (χ0n) is 13.3. The average Bonchev–Trinajstić information content (AvgIpc) is 2.47. The van der Waals surface area contributed by atoms with Crippen LogP contribution in [0.3, 0.4) is 0 Å². The van der Waals surface area contributed by atoms with E-state index in [0.29, 0.717) is 12.5 Å². The Morgan fingerprint density at radius 3 is 2.19 bits per heavy atom. The number of benzene rings is 2. The fourth-order valence-electron chi connectivity index (χ4n) is 2.40. The first-order valence-electron chi connectivity index (χ1n) is 7.32. The van der Waals surface area contributed by atoms with E-state index in [1.54, 1.807) is 7.11 Å². The molecule has 0 amide bonds. The first kappa shape index (κ1) is 15.4. The van der Waals surface area contributed by atoms with Crippen LogP contribution in [0, 0.1) is 5.41 Å². The molecule has 0 heterocycles. The predicted molar refractivity (Wildman–Crippen MR) is 87.1 cm³/mol. The summed E-state index contributed by atoms with van der Waals surface area (Å²) in [6, 6.07) is 18.3. The van der Waals surface area contributed by atoms with Crippen molar-refractivity contribution in [1.82, 2.24) is 0 Å². The third-order valence-electron chi connectivity index (χ3n) is 3.71. The van der Waals surface area contributed by atoms with Crippen molar-refractivity contribution in [2.75, 3.05) is 13.7 Å². The molecular weight excluding hydrogens is 260 g/mol. The van der Waals surface area contributed by atoms with E-state index in [0.717, 1.165) is 11.5 Å². The second-order valence-electron chi connectivity index (χ2n) is 6.32. The summed E-state index contributed by atoms with van der Waals surface area (Å²) < 4.78 is 11.2. The van der Waals surface area contributed by atoms with E-state index in [9.17, 15) is 0 Å². The van der Waals surface area contributed by atoms with Crippen molar-refractivity contribution < 1.29 is 9.47 Å². The molecule has 2 nitrogen and oxygen atoms in total. The Kier molecular flexibility index (Phi) is 4.89. The smallest absolute Gasteiger partial charge is 0.123 e. The standard InChI is InChI=1S/C19H24O2/c1-19(2,3)18(15-9-6-5-7-10-15)14-21-17-12-8-11-16(13-17)20-4/h5-13,18H,14H2,1-4H3. The van der Waals surface area contributed by atoms with E-state index in [1.807, 2.05) is 30.3 Å². The van der Waals surface area contributed by atoms with E-state index in [-0.39, 0.29) is 5.41 Å². The Labute approximate surface area is 127 Å². The lowest BCUT2D eigenvalue weighted by Crippen LogP contribution is -2.24. The van der Waals surface area contributed by atoms with Gasteiger partial charge in [0.15, 0.2) is 0 Å². The van der Waals surface area contributed by atoms with Gasteiger partial charge < -0.3 is 9.47 Å². The van der Waals surface area contributed by atoms with E-state index in [2.05, 4.69) is 45.0 Å². The van der Waals surface area contributed by atoms with Crippen LogP contribution in [0.25, 0.3) is 0 Å². The van der Waals surface area contributed by atoms with E-state index in [4.69, 9.17) is 9.47 Å². The maximum atomic E-state index is 6.01. The number of methoxy groups -OCH3 is 1. The van der Waals surface area contributed by atoms with Crippen LogP contribution in [0.4, 0.5) is 0 Å². The lowest BCUT2D eigenvalue weighted by Gasteiger charge is -2.31. The molecule has 0 saturated heterocycles. The van der Waals surface area contributed by atoms with Crippen LogP contribution in [-0.2, 0) is 0 Å². The van der Waals surface area contributed by atoms with Gasteiger partial charge in [0.2, 0.25) is 0 Å².